The van der Waals surface area contributed by atoms with E-state index in [0.29, 0.717) is 5.56 Å². The molecule has 2 N–H and O–H groups in total. The molecule has 1 aromatic carbocycles. The summed E-state index contributed by atoms with van der Waals surface area (Å²) in [6, 6.07) is 3.79. The predicted octanol–water partition coefficient (Wildman–Crippen LogP) is 1.23. The second-order valence-corrected chi connectivity index (χ2v) is 5.89. The summed E-state index contributed by atoms with van der Waals surface area (Å²) in [5, 5.41) is 2.48. The molecule has 0 aliphatic carbocycles. The maximum Gasteiger partial charge on any atom is 0.266 e. The molecule has 0 unspecified atom stereocenters. The van der Waals surface area contributed by atoms with Crippen molar-refractivity contribution in [1.29, 1.82) is 0 Å². The number of amides is 1. The number of aryl methyl sites for hydroxylation is 3. The Labute approximate surface area is 107 Å². The van der Waals surface area contributed by atoms with Crippen LogP contribution in [-0.2, 0) is 10.1 Å². The van der Waals surface area contributed by atoms with E-state index >= 15 is 0 Å². The molecule has 1 rings (SSSR count). The molecular formula is C12H17NO4S. The van der Waals surface area contributed by atoms with Gasteiger partial charge in [0.05, 0.1) is 5.75 Å². The monoisotopic (exact) mass is 271 g/mol. The fourth-order valence-corrected chi connectivity index (χ4v) is 2.28. The van der Waals surface area contributed by atoms with E-state index < -0.39 is 15.9 Å². The number of hydrogen-bond donors (Lipinski definition) is 2. The van der Waals surface area contributed by atoms with Crippen LogP contribution in [0.15, 0.2) is 12.1 Å². The normalized spacial score (nSPS) is 11.3. The zero-order valence-corrected chi connectivity index (χ0v) is 11.5. The second-order valence-electron chi connectivity index (χ2n) is 4.32. The van der Waals surface area contributed by atoms with Crippen LogP contribution >= 0.6 is 0 Å². The number of nitrogens with one attached hydrogen (secondary N) is 1. The van der Waals surface area contributed by atoms with Crippen molar-refractivity contribution in [2.24, 2.45) is 0 Å². The van der Waals surface area contributed by atoms with Gasteiger partial charge in [0, 0.05) is 12.1 Å². The molecule has 1 amide bonds. The quantitative estimate of drug-likeness (QED) is 0.807. The number of carbonyl (C=O) groups excluding carboxylic acids is 1. The fourth-order valence-electron chi connectivity index (χ4n) is 1.92. The van der Waals surface area contributed by atoms with Gasteiger partial charge < -0.3 is 5.32 Å². The van der Waals surface area contributed by atoms with Gasteiger partial charge in [0.25, 0.3) is 16.0 Å². The molecule has 18 heavy (non-hydrogen) atoms. The summed E-state index contributed by atoms with van der Waals surface area (Å²) in [6.07, 6.45) is 0. The van der Waals surface area contributed by atoms with Gasteiger partial charge in [0.2, 0.25) is 0 Å². The van der Waals surface area contributed by atoms with Crippen LogP contribution in [-0.4, -0.2) is 31.2 Å². The largest absolute Gasteiger partial charge is 0.351 e. The van der Waals surface area contributed by atoms with Gasteiger partial charge in [-0.15, -0.1) is 0 Å². The maximum atomic E-state index is 11.9. The van der Waals surface area contributed by atoms with E-state index in [0.717, 1.165) is 16.7 Å². The van der Waals surface area contributed by atoms with E-state index in [2.05, 4.69) is 5.32 Å². The Morgan fingerprint density at radius 1 is 1.22 bits per heavy atom. The first-order chi connectivity index (χ1) is 8.20. The number of benzene rings is 1. The predicted molar refractivity (Wildman–Crippen MR) is 69.4 cm³/mol. The first-order valence-electron chi connectivity index (χ1n) is 5.52. The molecule has 1 aromatic rings. The molecule has 0 saturated carbocycles. The van der Waals surface area contributed by atoms with Gasteiger partial charge in [0.1, 0.15) is 0 Å². The van der Waals surface area contributed by atoms with Crippen LogP contribution in [0.4, 0.5) is 0 Å². The highest BCUT2D eigenvalue weighted by molar-refractivity contribution is 7.85. The summed E-state index contributed by atoms with van der Waals surface area (Å²) in [5.41, 5.74) is 3.31. The van der Waals surface area contributed by atoms with Crippen LogP contribution < -0.4 is 5.32 Å². The van der Waals surface area contributed by atoms with Crippen molar-refractivity contribution in [1.82, 2.24) is 5.32 Å². The van der Waals surface area contributed by atoms with Crippen LogP contribution in [0.25, 0.3) is 0 Å². The minimum Gasteiger partial charge on any atom is -0.351 e. The molecule has 0 bridgehead atoms. The highest BCUT2D eigenvalue weighted by Gasteiger charge is 2.13. The SMILES string of the molecule is Cc1cc(C)c(C(=O)NCCS(=O)(=O)O)c(C)c1. The van der Waals surface area contributed by atoms with E-state index in [-0.39, 0.29) is 12.5 Å². The number of hydrogen-bond acceptors (Lipinski definition) is 3. The summed E-state index contributed by atoms with van der Waals surface area (Å²) in [4.78, 5) is 11.9. The lowest BCUT2D eigenvalue weighted by atomic mass is 9.99. The molecule has 0 saturated heterocycles. The van der Waals surface area contributed by atoms with E-state index in [1.165, 1.54) is 0 Å². The molecule has 0 fully saturated rings. The molecule has 5 nitrogen and oxygen atoms in total. The fraction of sp³-hybridized carbons (Fsp3) is 0.417. The average molecular weight is 271 g/mol. The molecular weight excluding hydrogens is 254 g/mol. The molecule has 0 radical (unpaired) electrons. The molecule has 0 aromatic heterocycles. The van der Waals surface area contributed by atoms with Crippen molar-refractivity contribution in [3.63, 3.8) is 0 Å². The highest BCUT2D eigenvalue weighted by Crippen LogP contribution is 2.15. The van der Waals surface area contributed by atoms with Crippen molar-refractivity contribution in [2.75, 3.05) is 12.3 Å². The van der Waals surface area contributed by atoms with Crippen molar-refractivity contribution >= 4 is 16.0 Å². The van der Waals surface area contributed by atoms with Crippen molar-refractivity contribution < 1.29 is 17.8 Å². The Kier molecular flexibility index (Phi) is 4.48. The smallest absolute Gasteiger partial charge is 0.266 e. The van der Waals surface area contributed by atoms with Crippen molar-refractivity contribution in [3.05, 3.63) is 34.4 Å². The average Bonchev–Trinajstić information content (AvgIpc) is 2.13. The summed E-state index contributed by atoms with van der Waals surface area (Å²) < 4.78 is 29.6. The van der Waals surface area contributed by atoms with Gasteiger partial charge in [-0.25, -0.2) is 0 Å². The molecule has 0 heterocycles. The Hall–Kier alpha value is -1.40. The molecule has 0 aliphatic heterocycles. The van der Waals surface area contributed by atoms with E-state index in [9.17, 15) is 13.2 Å². The summed E-state index contributed by atoms with van der Waals surface area (Å²) >= 11 is 0. The van der Waals surface area contributed by atoms with Crippen LogP contribution in [0.1, 0.15) is 27.0 Å². The van der Waals surface area contributed by atoms with Gasteiger partial charge in [-0.1, -0.05) is 17.7 Å². The lowest BCUT2D eigenvalue weighted by molar-refractivity contribution is 0.0955. The number of carbonyl (C=O) groups is 1. The molecule has 0 aliphatic rings. The Morgan fingerprint density at radius 2 is 1.72 bits per heavy atom. The standard InChI is InChI=1S/C12H17NO4S/c1-8-6-9(2)11(10(3)7-8)12(14)13-4-5-18(15,16)17/h6-7H,4-5H2,1-3H3,(H,13,14)(H,15,16,17). The summed E-state index contributed by atoms with van der Waals surface area (Å²) in [6.45, 7) is 5.50. The zero-order valence-electron chi connectivity index (χ0n) is 10.6. The maximum absolute atomic E-state index is 11.9. The number of rotatable bonds is 4. The zero-order chi connectivity index (χ0) is 13.9. The van der Waals surface area contributed by atoms with Crippen LogP contribution in [0.2, 0.25) is 0 Å². The third kappa shape index (κ3) is 4.12. The van der Waals surface area contributed by atoms with Gasteiger partial charge in [-0.3, -0.25) is 9.35 Å². The Bertz CT molecular complexity index is 540. The molecule has 0 spiro atoms. The highest BCUT2D eigenvalue weighted by atomic mass is 32.2. The first-order valence-corrected chi connectivity index (χ1v) is 7.13. The third-order valence-corrected chi connectivity index (χ3v) is 3.27. The molecule has 6 heteroatoms. The lowest BCUT2D eigenvalue weighted by Gasteiger charge is -2.11. The third-order valence-electron chi connectivity index (χ3n) is 2.55. The van der Waals surface area contributed by atoms with Gasteiger partial charge in [-0.05, 0) is 31.9 Å². The Morgan fingerprint density at radius 3 is 2.17 bits per heavy atom. The summed E-state index contributed by atoms with van der Waals surface area (Å²) in [5.74, 6) is -0.809. The first kappa shape index (κ1) is 14.7. The van der Waals surface area contributed by atoms with Crippen LogP contribution in [0, 0.1) is 20.8 Å². The van der Waals surface area contributed by atoms with Crippen molar-refractivity contribution in [3.8, 4) is 0 Å². The Balaban J connectivity index is 2.80. The van der Waals surface area contributed by atoms with Gasteiger partial charge in [0.15, 0.2) is 0 Å². The molecule has 0 atom stereocenters. The van der Waals surface area contributed by atoms with Crippen molar-refractivity contribution in [2.45, 2.75) is 20.8 Å². The van der Waals surface area contributed by atoms with Crippen LogP contribution in [0.5, 0.6) is 0 Å². The van der Waals surface area contributed by atoms with E-state index in [1.807, 2.05) is 32.9 Å². The van der Waals surface area contributed by atoms with E-state index in [4.69, 9.17) is 4.55 Å². The van der Waals surface area contributed by atoms with Gasteiger partial charge >= 0.3 is 0 Å². The molecule has 100 valence electrons. The minimum absolute atomic E-state index is 0.107. The topological polar surface area (TPSA) is 83.5 Å². The van der Waals surface area contributed by atoms with E-state index in [1.54, 1.807) is 0 Å². The minimum atomic E-state index is -4.04. The lowest BCUT2D eigenvalue weighted by Crippen LogP contribution is -2.30. The summed E-state index contributed by atoms with van der Waals surface area (Å²) in [7, 11) is -4.04. The second kappa shape index (κ2) is 5.49. The van der Waals surface area contributed by atoms with Gasteiger partial charge in [-0.2, -0.15) is 8.42 Å². The van der Waals surface area contributed by atoms with Crippen LogP contribution in [0.3, 0.4) is 0 Å².